The van der Waals surface area contributed by atoms with Gasteiger partial charge in [-0.1, -0.05) is 11.6 Å². The summed E-state index contributed by atoms with van der Waals surface area (Å²) in [6.45, 7) is 0. The third-order valence-corrected chi connectivity index (χ3v) is 2.81. The summed E-state index contributed by atoms with van der Waals surface area (Å²) >= 11 is 5.77. The molecule has 0 aromatic heterocycles. The maximum atomic E-state index is 11.5. The van der Waals surface area contributed by atoms with Crippen molar-refractivity contribution in [1.82, 2.24) is 0 Å². The van der Waals surface area contributed by atoms with Crippen molar-refractivity contribution in [3.05, 3.63) is 29.3 Å². The van der Waals surface area contributed by atoms with Crippen molar-refractivity contribution in [3.63, 3.8) is 0 Å². The molecule has 2 rings (SSSR count). The number of hydrogen-bond acceptors (Lipinski definition) is 3. The zero-order valence-electron chi connectivity index (χ0n) is 8.87. The predicted octanol–water partition coefficient (Wildman–Crippen LogP) is 3.25. The van der Waals surface area contributed by atoms with Crippen LogP contribution in [0, 0.1) is 0 Å². The molecule has 0 bridgehead atoms. The number of Topliss-reactive ketones (excluding diaryl/α,β-unsaturated/α-hetero) is 1. The fourth-order valence-electron chi connectivity index (χ4n) is 1.64. The molecule has 0 spiro atoms. The normalized spacial score (nSPS) is 18.8. The summed E-state index contributed by atoms with van der Waals surface area (Å²) in [5.41, 5.74) is 4.38. The van der Waals surface area contributed by atoms with Crippen LogP contribution in [0.1, 0.15) is 25.7 Å². The Bertz CT molecular complexity index is 412. The highest BCUT2D eigenvalue weighted by Gasteiger charge is 2.16. The summed E-state index contributed by atoms with van der Waals surface area (Å²) in [4.78, 5) is 11.5. The van der Waals surface area contributed by atoms with Crippen molar-refractivity contribution >= 4 is 28.8 Å². The van der Waals surface area contributed by atoms with E-state index in [9.17, 15) is 4.79 Å². The maximum Gasteiger partial charge on any atom is 0.178 e. The Morgan fingerprint density at radius 3 is 2.50 bits per heavy atom. The van der Waals surface area contributed by atoms with Gasteiger partial charge >= 0.3 is 0 Å². The number of nitrogens with one attached hydrogen (secondary N) is 1. The van der Waals surface area contributed by atoms with Crippen molar-refractivity contribution in [2.45, 2.75) is 25.7 Å². The zero-order valence-corrected chi connectivity index (χ0v) is 9.63. The molecule has 1 N–H and O–H groups in total. The molecule has 1 fully saturated rings. The lowest BCUT2D eigenvalue weighted by Gasteiger charge is -2.11. The van der Waals surface area contributed by atoms with E-state index in [1.54, 1.807) is 12.1 Å². The van der Waals surface area contributed by atoms with Crippen molar-refractivity contribution in [2.75, 3.05) is 5.43 Å². The second-order valence-corrected chi connectivity index (χ2v) is 4.24. The molecule has 0 unspecified atom stereocenters. The quantitative estimate of drug-likeness (QED) is 0.801. The second-order valence-electron chi connectivity index (χ2n) is 3.81. The number of benzene rings is 1. The Morgan fingerprint density at radius 2 is 1.81 bits per heavy atom. The van der Waals surface area contributed by atoms with E-state index >= 15 is 0 Å². The first-order valence-corrected chi connectivity index (χ1v) is 5.75. The fourth-order valence-corrected chi connectivity index (χ4v) is 1.76. The number of halogens is 1. The summed E-state index contributed by atoms with van der Waals surface area (Å²) in [5, 5.41) is 4.83. The molecule has 0 heterocycles. The van der Waals surface area contributed by atoms with Gasteiger partial charge in [-0.25, -0.2) is 0 Å². The van der Waals surface area contributed by atoms with Crippen LogP contribution in [0.2, 0.25) is 5.02 Å². The topological polar surface area (TPSA) is 41.5 Å². The third-order valence-electron chi connectivity index (χ3n) is 2.55. The minimum absolute atomic E-state index is 0.160. The molecule has 84 valence electrons. The van der Waals surface area contributed by atoms with Crippen LogP contribution in [0.15, 0.2) is 29.4 Å². The van der Waals surface area contributed by atoms with Gasteiger partial charge in [0.05, 0.1) is 5.69 Å². The van der Waals surface area contributed by atoms with E-state index in [1.807, 2.05) is 12.1 Å². The summed E-state index contributed by atoms with van der Waals surface area (Å²) < 4.78 is 0. The average molecular weight is 237 g/mol. The van der Waals surface area contributed by atoms with Crippen LogP contribution < -0.4 is 5.43 Å². The summed E-state index contributed by atoms with van der Waals surface area (Å²) in [5.74, 6) is 0.160. The van der Waals surface area contributed by atoms with Crippen LogP contribution in [0.25, 0.3) is 0 Å². The first-order chi connectivity index (χ1) is 7.75. The number of carbonyl (C=O) groups excluding carboxylic acids is 1. The van der Waals surface area contributed by atoms with Crippen molar-refractivity contribution in [1.29, 1.82) is 0 Å². The largest absolute Gasteiger partial charge is 0.293 e. The number of hydrazone groups is 1. The highest BCUT2D eigenvalue weighted by molar-refractivity contribution is 6.40. The number of hydrogen-bond donors (Lipinski definition) is 1. The van der Waals surface area contributed by atoms with E-state index < -0.39 is 0 Å². The maximum absolute atomic E-state index is 11.5. The smallest absolute Gasteiger partial charge is 0.178 e. The van der Waals surface area contributed by atoms with Gasteiger partial charge in [0.1, 0.15) is 5.71 Å². The average Bonchev–Trinajstić information content (AvgIpc) is 2.30. The molecular weight excluding hydrogens is 224 g/mol. The number of ketones is 1. The van der Waals surface area contributed by atoms with E-state index in [-0.39, 0.29) is 5.78 Å². The minimum Gasteiger partial charge on any atom is -0.293 e. The van der Waals surface area contributed by atoms with Crippen LogP contribution in [-0.2, 0) is 4.79 Å². The Labute approximate surface area is 99.5 Å². The summed E-state index contributed by atoms with van der Waals surface area (Å²) in [6, 6.07) is 7.24. The van der Waals surface area contributed by atoms with Crippen molar-refractivity contribution < 1.29 is 4.79 Å². The van der Waals surface area contributed by atoms with Gasteiger partial charge in [-0.15, -0.1) is 0 Å². The number of nitrogens with zero attached hydrogens (tertiary/aromatic N) is 1. The number of rotatable bonds is 2. The molecule has 0 aliphatic heterocycles. The van der Waals surface area contributed by atoms with E-state index in [2.05, 4.69) is 10.5 Å². The van der Waals surface area contributed by atoms with E-state index in [0.29, 0.717) is 17.2 Å². The Balaban J connectivity index is 2.02. The molecule has 1 aromatic rings. The zero-order chi connectivity index (χ0) is 11.4. The Kier molecular flexibility index (Phi) is 3.57. The highest BCUT2D eigenvalue weighted by atomic mass is 35.5. The lowest BCUT2D eigenvalue weighted by molar-refractivity contribution is -0.113. The molecule has 0 saturated heterocycles. The molecule has 1 aliphatic rings. The van der Waals surface area contributed by atoms with E-state index in [1.165, 1.54) is 0 Å². The molecule has 0 atom stereocenters. The van der Waals surface area contributed by atoms with Gasteiger partial charge in [0, 0.05) is 11.4 Å². The number of carbonyl (C=O) groups is 1. The van der Waals surface area contributed by atoms with Crippen LogP contribution in [0.5, 0.6) is 0 Å². The van der Waals surface area contributed by atoms with Crippen LogP contribution in [0.3, 0.4) is 0 Å². The van der Waals surface area contributed by atoms with Gasteiger partial charge < -0.3 is 0 Å². The van der Waals surface area contributed by atoms with Crippen LogP contribution in [0.4, 0.5) is 5.69 Å². The molecule has 4 heteroatoms. The predicted molar refractivity (Wildman–Crippen MR) is 66.0 cm³/mol. The van der Waals surface area contributed by atoms with E-state index in [4.69, 9.17) is 11.6 Å². The van der Waals surface area contributed by atoms with Gasteiger partial charge in [-0.05, 0) is 43.5 Å². The van der Waals surface area contributed by atoms with Gasteiger partial charge in [-0.2, -0.15) is 5.10 Å². The standard InChI is InChI=1S/C12H13ClN2O/c13-9-5-7-10(8-6-9)14-15-11-3-1-2-4-12(11)16/h5-8,14H,1-4H2/b15-11+. The number of anilines is 1. The van der Waals surface area contributed by atoms with Gasteiger partial charge in [0.15, 0.2) is 5.78 Å². The fraction of sp³-hybridized carbons (Fsp3) is 0.333. The third kappa shape index (κ3) is 2.83. The SMILES string of the molecule is O=C1CCCC/C1=N\Nc1ccc(Cl)cc1. The highest BCUT2D eigenvalue weighted by Crippen LogP contribution is 2.15. The minimum atomic E-state index is 0.160. The summed E-state index contributed by atoms with van der Waals surface area (Å²) in [7, 11) is 0. The first kappa shape index (κ1) is 11.1. The van der Waals surface area contributed by atoms with Gasteiger partial charge in [0.2, 0.25) is 0 Å². The molecule has 0 radical (unpaired) electrons. The molecule has 0 amide bonds. The second kappa shape index (κ2) is 5.12. The summed E-state index contributed by atoms with van der Waals surface area (Å²) in [6.07, 6.45) is 3.44. The molecule has 1 aromatic carbocycles. The molecule has 16 heavy (non-hydrogen) atoms. The lowest BCUT2D eigenvalue weighted by atomic mass is 9.97. The van der Waals surface area contributed by atoms with Crippen LogP contribution in [-0.4, -0.2) is 11.5 Å². The molecular formula is C12H13ClN2O. The Hall–Kier alpha value is -1.35. The van der Waals surface area contributed by atoms with Gasteiger partial charge in [-0.3, -0.25) is 10.2 Å². The molecule has 1 saturated carbocycles. The monoisotopic (exact) mass is 236 g/mol. The van der Waals surface area contributed by atoms with Crippen molar-refractivity contribution in [3.8, 4) is 0 Å². The van der Waals surface area contributed by atoms with E-state index in [0.717, 1.165) is 24.9 Å². The Morgan fingerprint density at radius 1 is 1.12 bits per heavy atom. The lowest BCUT2D eigenvalue weighted by Crippen LogP contribution is -2.19. The van der Waals surface area contributed by atoms with Crippen LogP contribution >= 0.6 is 11.6 Å². The molecule has 3 nitrogen and oxygen atoms in total. The van der Waals surface area contributed by atoms with Gasteiger partial charge in [0.25, 0.3) is 0 Å². The van der Waals surface area contributed by atoms with Crippen molar-refractivity contribution in [2.24, 2.45) is 5.10 Å². The first-order valence-electron chi connectivity index (χ1n) is 5.37. The molecule has 1 aliphatic carbocycles.